The summed E-state index contributed by atoms with van der Waals surface area (Å²) < 4.78 is 27.8. The number of aliphatic hydroxyl groups excluding tert-OH is 1. The van der Waals surface area contributed by atoms with Crippen LogP contribution in [0.4, 0.5) is 14.5 Å². The first-order chi connectivity index (χ1) is 10.7. The molecular formula is C17H18F2N2O2. The molecule has 1 aromatic carbocycles. The second-order valence-electron chi connectivity index (χ2n) is 6.21. The molecule has 0 saturated carbocycles. The van der Waals surface area contributed by atoms with E-state index < -0.39 is 23.2 Å². The highest BCUT2D eigenvalue weighted by atomic mass is 19.2. The highest BCUT2D eigenvalue weighted by Crippen LogP contribution is 2.32. The van der Waals surface area contributed by atoms with Crippen LogP contribution in [0.3, 0.4) is 0 Å². The van der Waals surface area contributed by atoms with Gasteiger partial charge in [-0.05, 0) is 29.8 Å². The molecule has 122 valence electrons. The summed E-state index contributed by atoms with van der Waals surface area (Å²) in [5.74, 6) is -2.66. The third kappa shape index (κ3) is 3.71. The first-order valence-electron chi connectivity index (χ1n) is 7.09. The van der Waals surface area contributed by atoms with Crippen LogP contribution in [-0.4, -0.2) is 16.0 Å². The first kappa shape index (κ1) is 17.0. The molecule has 1 atom stereocenters. The molecule has 0 aliphatic carbocycles. The maximum Gasteiger partial charge on any atom is 0.229 e. The number of rotatable bonds is 3. The van der Waals surface area contributed by atoms with Crippen LogP contribution < -0.4 is 5.32 Å². The molecule has 2 rings (SSSR count). The quantitative estimate of drug-likeness (QED) is 0.911. The van der Waals surface area contributed by atoms with E-state index in [2.05, 4.69) is 10.3 Å². The van der Waals surface area contributed by atoms with Crippen molar-refractivity contribution in [3.05, 3.63) is 59.4 Å². The van der Waals surface area contributed by atoms with E-state index in [4.69, 9.17) is 0 Å². The summed E-state index contributed by atoms with van der Waals surface area (Å²) in [4.78, 5) is 15.9. The van der Waals surface area contributed by atoms with E-state index in [9.17, 15) is 18.7 Å². The van der Waals surface area contributed by atoms with Crippen LogP contribution in [0, 0.1) is 17.0 Å². The molecule has 0 radical (unpaired) electrons. The van der Waals surface area contributed by atoms with Gasteiger partial charge in [0.1, 0.15) is 6.10 Å². The number of anilines is 1. The summed E-state index contributed by atoms with van der Waals surface area (Å²) in [6, 6.07) is 5.13. The number of amides is 1. The van der Waals surface area contributed by atoms with Crippen LogP contribution in [0.15, 0.2) is 36.7 Å². The normalized spacial score (nSPS) is 12.8. The number of halogens is 2. The van der Waals surface area contributed by atoms with Crippen molar-refractivity contribution in [1.82, 2.24) is 4.98 Å². The minimum absolute atomic E-state index is 0.0353. The molecule has 1 heterocycles. The Hall–Kier alpha value is -2.34. The Labute approximate surface area is 133 Å². The Morgan fingerprint density at radius 2 is 1.78 bits per heavy atom. The number of nitrogens with one attached hydrogen (secondary N) is 1. The summed E-state index contributed by atoms with van der Waals surface area (Å²) in [5.41, 5.74) is -0.651. The lowest BCUT2D eigenvalue weighted by atomic mass is 9.94. The van der Waals surface area contributed by atoms with E-state index in [0.717, 1.165) is 6.07 Å². The van der Waals surface area contributed by atoms with Gasteiger partial charge in [0.25, 0.3) is 0 Å². The summed E-state index contributed by atoms with van der Waals surface area (Å²) >= 11 is 0. The Bertz CT molecular complexity index is 713. The number of hydrogen-bond donors (Lipinski definition) is 2. The Morgan fingerprint density at radius 1 is 1.17 bits per heavy atom. The first-order valence-corrected chi connectivity index (χ1v) is 7.09. The van der Waals surface area contributed by atoms with Gasteiger partial charge in [0.2, 0.25) is 5.91 Å². The van der Waals surface area contributed by atoms with Crippen LogP contribution in [0.1, 0.15) is 38.0 Å². The van der Waals surface area contributed by atoms with Gasteiger partial charge >= 0.3 is 0 Å². The van der Waals surface area contributed by atoms with Gasteiger partial charge in [-0.2, -0.15) is 0 Å². The van der Waals surface area contributed by atoms with Crippen LogP contribution in [0.5, 0.6) is 0 Å². The highest BCUT2D eigenvalue weighted by Gasteiger charge is 2.26. The molecule has 0 aliphatic heterocycles. The molecule has 0 bridgehead atoms. The highest BCUT2D eigenvalue weighted by molar-refractivity contribution is 5.95. The number of aliphatic hydroxyl groups is 1. The number of aromatic nitrogens is 1. The van der Waals surface area contributed by atoms with E-state index in [1.807, 2.05) is 0 Å². The molecule has 2 N–H and O–H groups in total. The number of carbonyl (C=O) groups excluding carboxylic acids is 1. The molecule has 4 nitrogen and oxygen atoms in total. The summed E-state index contributed by atoms with van der Waals surface area (Å²) in [7, 11) is 0. The average Bonchev–Trinajstić information content (AvgIpc) is 2.50. The van der Waals surface area contributed by atoms with Crippen molar-refractivity contribution in [2.24, 2.45) is 5.41 Å². The maximum atomic E-state index is 14.2. The Balaban J connectivity index is 2.49. The van der Waals surface area contributed by atoms with E-state index in [1.54, 1.807) is 20.8 Å². The molecule has 0 aliphatic rings. The van der Waals surface area contributed by atoms with Crippen LogP contribution >= 0.6 is 0 Å². The summed E-state index contributed by atoms with van der Waals surface area (Å²) in [6.07, 6.45) is 1.44. The predicted octanol–water partition coefficient (Wildman–Crippen LogP) is 3.43. The van der Waals surface area contributed by atoms with Crippen molar-refractivity contribution in [1.29, 1.82) is 0 Å². The second kappa shape index (κ2) is 6.42. The smallest absolute Gasteiger partial charge is 0.229 e. The van der Waals surface area contributed by atoms with E-state index in [1.165, 1.54) is 30.6 Å². The largest absolute Gasteiger partial charge is 0.383 e. The third-order valence-electron chi connectivity index (χ3n) is 3.36. The number of pyridine rings is 1. The fourth-order valence-electron chi connectivity index (χ4n) is 1.96. The number of carbonyl (C=O) groups is 1. The standard InChI is InChI=1S/C17H18F2N2O2/c1-17(2,3)16(23)21-12-5-4-11(18)14(19)13(12)15(22)10-6-8-20-9-7-10/h4-9,15,22H,1-3H3,(H,21,23). The van der Waals surface area contributed by atoms with Gasteiger partial charge < -0.3 is 10.4 Å². The molecule has 1 unspecified atom stereocenters. The minimum atomic E-state index is -1.43. The van der Waals surface area contributed by atoms with E-state index in [-0.39, 0.29) is 17.2 Å². The fourth-order valence-corrected chi connectivity index (χ4v) is 1.96. The van der Waals surface area contributed by atoms with Gasteiger partial charge in [0.05, 0.1) is 5.69 Å². The average molecular weight is 320 g/mol. The molecular weight excluding hydrogens is 302 g/mol. The monoisotopic (exact) mass is 320 g/mol. The zero-order valence-corrected chi connectivity index (χ0v) is 13.1. The Kier molecular flexibility index (Phi) is 4.75. The van der Waals surface area contributed by atoms with Gasteiger partial charge in [-0.25, -0.2) is 8.78 Å². The van der Waals surface area contributed by atoms with Crippen molar-refractivity contribution in [2.45, 2.75) is 26.9 Å². The Morgan fingerprint density at radius 3 is 2.35 bits per heavy atom. The van der Waals surface area contributed by atoms with Crippen molar-refractivity contribution < 1.29 is 18.7 Å². The van der Waals surface area contributed by atoms with Gasteiger partial charge in [-0.1, -0.05) is 20.8 Å². The lowest BCUT2D eigenvalue weighted by molar-refractivity contribution is -0.123. The third-order valence-corrected chi connectivity index (χ3v) is 3.36. The SMILES string of the molecule is CC(C)(C)C(=O)Nc1ccc(F)c(F)c1C(O)c1ccncc1. The fraction of sp³-hybridized carbons (Fsp3) is 0.294. The van der Waals surface area contributed by atoms with Crippen LogP contribution in [0.2, 0.25) is 0 Å². The summed E-state index contributed by atoms with van der Waals surface area (Å²) in [6.45, 7) is 5.09. The van der Waals surface area contributed by atoms with Crippen LogP contribution in [0.25, 0.3) is 0 Å². The van der Waals surface area contributed by atoms with Gasteiger partial charge in [0, 0.05) is 23.4 Å². The van der Waals surface area contributed by atoms with Crippen molar-refractivity contribution >= 4 is 11.6 Å². The van der Waals surface area contributed by atoms with Crippen molar-refractivity contribution in [3.63, 3.8) is 0 Å². The number of benzene rings is 1. The number of nitrogens with zero attached hydrogens (tertiary/aromatic N) is 1. The van der Waals surface area contributed by atoms with Crippen molar-refractivity contribution in [3.8, 4) is 0 Å². The molecule has 0 fully saturated rings. The van der Waals surface area contributed by atoms with Crippen LogP contribution in [-0.2, 0) is 4.79 Å². The van der Waals surface area contributed by atoms with Gasteiger partial charge in [0.15, 0.2) is 11.6 Å². The molecule has 6 heteroatoms. The molecule has 1 amide bonds. The lowest BCUT2D eigenvalue weighted by Crippen LogP contribution is -2.28. The molecule has 23 heavy (non-hydrogen) atoms. The van der Waals surface area contributed by atoms with Gasteiger partial charge in [-0.3, -0.25) is 9.78 Å². The molecule has 2 aromatic rings. The lowest BCUT2D eigenvalue weighted by Gasteiger charge is -2.22. The van der Waals surface area contributed by atoms with Gasteiger partial charge in [-0.15, -0.1) is 0 Å². The zero-order valence-electron chi connectivity index (χ0n) is 13.1. The molecule has 1 aromatic heterocycles. The second-order valence-corrected chi connectivity index (χ2v) is 6.21. The zero-order chi connectivity index (χ0) is 17.2. The molecule has 0 saturated heterocycles. The van der Waals surface area contributed by atoms with E-state index >= 15 is 0 Å². The minimum Gasteiger partial charge on any atom is -0.383 e. The van der Waals surface area contributed by atoms with Crippen molar-refractivity contribution in [2.75, 3.05) is 5.32 Å². The predicted molar refractivity (Wildman–Crippen MR) is 82.7 cm³/mol. The topological polar surface area (TPSA) is 62.2 Å². The molecule has 0 spiro atoms. The summed E-state index contributed by atoms with van der Waals surface area (Å²) in [5, 5.41) is 13.0. The maximum absolute atomic E-state index is 14.2. The number of hydrogen-bond acceptors (Lipinski definition) is 3. The van der Waals surface area contributed by atoms with E-state index in [0.29, 0.717) is 5.56 Å².